The molecule has 0 saturated heterocycles. The van der Waals surface area contributed by atoms with Gasteiger partial charge in [0.15, 0.2) is 0 Å². The molecule has 1 fully saturated rings. The maximum absolute atomic E-state index is 12.2. The van der Waals surface area contributed by atoms with Crippen LogP contribution in [0.2, 0.25) is 5.02 Å². The molecular formula is C19H28ClN3O3. The summed E-state index contributed by atoms with van der Waals surface area (Å²) in [5.74, 6) is -0.816. The summed E-state index contributed by atoms with van der Waals surface area (Å²) in [4.78, 5) is 25.0. The van der Waals surface area contributed by atoms with Crippen LogP contribution in [-0.4, -0.2) is 53.7 Å². The Morgan fingerprint density at radius 2 is 2.04 bits per heavy atom. The lowest BCUT2D eigenvalue weighted by atomic mass is 9.84. The van der Waals surface area contributed by atoms with Crippen molar-refractivity contribution in [2.24, 2.45) is 0 Å². The van der Waals surface area contributed by atoms with Gasteiger partial charge >= 0.3 is 12.0 Å². The predicted octanol–water partition coefficient (Wildman–Crippen LogP) is 2.85. The number of likely N-dealkylation sites (N-methyl/N-ethyl adjacent to an activating group) is 1. The third-order valence-corrected chi connectivity index (χ3v) is 5.24. The van der Waals surface area contributed by atoms with Gasteiger partial charge in [-0.25, -0.2) is 4.79 Å². The Morgan fingerprint density at radius 1 is 1.35 bits per heavy atom. The van der Waals surface area contributed by atoms with Gasteiger partial charge in [0.1, 0.15) is 0 Å². The zero-order valence-corrected chi connectivity index (χ0v) is 16.3. The molecule has 0 unspecified atom stereocenters. The number of urea groups is 1. The lowest BCUT2D eigenvalue weighted by Gasteiger charge is -2.42. The maximum Gasteiger partial charge on any atom is 0.317 e. The van der Waals surface area contributed by atoms with Crippen LogP contribution in [0.5, 0.6) is 0 Å². The van der Waals surface area contributed by atoms with Crippen molar-refractivity contribution in [2.75, 3.05) is 19.6 Å². The van der Waals surface area contributed by atoms with Gasteiger partial charge in [0.05, 0.1) is 6.54 Å². The summed E-state index contributed by atoms with van der Waals surface area (Å²) in [6.07, 6.45) is 1.57. The first-order valence-corrected chi connectivity index (χ1v) is 9.35. The highest BCUT2D eigenvalue weighted by atomic mass is 35.5. The Kier molecular flexibility index (Phi) is 6.89. The lowest BCUT2D eigenvalue weighted by molar-refractivity contribution is -0.139. The summed E-state index contributed by atoms with van der Waals surface area (Å²) < 4.78 is 0. The van der Waals surface area contributed by atoms with Gasteiger partial charge in [-0.3, -0.25) is 9.69 Å². The number of nitrogens with one attached hydrogen (secondary N) is 2. The molecule has 1 aliphatic rings. The number of halogens is 1. The summed E-state index contributed by atoms with van der Waals surface area (Å²) in [5, 5.41) is 15.5. The zero-order valence-electron chi connectivity index (χ0n) is 15.6. The first-order valence-electron chi connectivity index (χ1n) is 8.97. The van der Waals surface area contributed by atoms with Crippen LogP contribution < -0.4 is 10.6 Å². The molecule has 0 spiro atoms. The van der Waals surface area contributed by atoms with Crippen molar-refractivity contribution in [1.29, 1.82) is 0 Å². The fourth-order valence-electron chi connectivity index (χ4n) is 3.23. The molecule has 7 heteroatoms. The third kappa shape index (κ3) is 5.61. The Balaban J connectivity index is 1.75. The number of carboxylic acids is 1. The molecule has 0 aliphatic heterocycles. The predicted molar refractivity (Wildman–Crippen MR) is 103 cm³/mol. The van der Waals surface area contributed by atoms with E-state index in [0.29, 0.717) is 18.1 Å². The quantitative estimate of drug-likeness (QED) is 0.646. The average Bonchev–Trinajstić information content (AvgIpc) is 2.54. The van der Waals surface area contributed by atoms with Crippen LogP contribution in [0, 0.1) is 0 Å². The second-order valence-electron chi connectivity index (χ2n) is 7.50. The number of amides is 2. The highest BCUT2D eigenvalue weighted by Crippen LogP contribution is 2.26. The Morgan fingerprint density at radius 3 is 2.62 bits per heavy atom. The largest absolute Gasteiger partial charge is 0.480 e. The average molecular weight is 382 g/mol. The number of carboxylic acid groups (broad SMARTS) is 1. The van der Waals surface area contributed by atoms with Crippen molar-refractivity contribution in [3.63, 3.8) is 0 Å². The van der Waals surface area contributed by atoms with E-state index in [1.165, 1.54) is 0 Å². The number of nitrogens with zero attached hydrogens (tertiary/aromatic N) is 1. The van der Waals surface area contributed by atoms with Crippen LogP contribution in [0.25, 0.3) is 0 Å². The lowest BCUT2D eigenvalue weighted by Crippen LogP contribution is -2.56. The summed E-state index contributed by atoms with van der Waals surface area (Å²) in [6.45, 7) is 7.31. The molecule has 0 bridgehead atoms. The van der Waals surface area contributed by atoms with Gasteiger partial charge in [0, 0.05) is 29.1 Å². The molecule has 144 valence electrons. The van der Waals surface area contributed by atoms with E-state index >= 15 is 0 Å². The van der Waals surface area contributed by atoms with Crippen LogP contribution in [0.15, 0.2) is 24.3 Å². The van der Waals surface area contributed by atoms with Gasteiger partial charge in [-0.15, -0.1) is 0 Å². The molecule has 1 aromatic carbocycles. The molecule has 0 heterocycles. The third-order valence-electron chi connectivity index (χ3n) is 5.01. The van der Waals surface area contributed by atoms with Crippen LogP contribution in [0.1, 0.15) is 39.2 Å². The maximum atomic E-state index is 12.2. The monoisotopic (exact) mass is 381 g/mol. The minimum absolute atomic E-state index is 0.0495. The van der Waals surface area contributed by atoms with Gasteiger partial charge in [0.2, 0.25) is 0 Å². The molecule has 2 amide bonds. The highest BCUT2D eigenvalue weighted by molar-refractivity contribution is 6.30. The van der Waals surface area contributed by atoms with Gasteiger partial charge in [-0.1, -0.05) is 44.5 Å². The van der Waals surface area contributed by atoms with E-state index in [4.69, 9.17) is 16.7 Å². The minimum atomic E-state index is -0.816. The number of hydrogen-bond acceptors (Lipinski definition) is 3. The van der Waals surface area contributed by atoms with E-state index in [9.17, 15) is 9.59 Å². The molecule has 0 atom stereocenters. The molecule has 1 saturated carbocycles. The molecule has 2 rings (SSSR count). The SMILES string of the molecule is CCN(CC(=O)O)C1CC(NC(=O)NCC(C)(C)c2cccc(Cl)c2)C1. The summed E-state index contributed by atoms with van der Waals surface area (Å²) in [6, 6.07) is 7.79. The summed E-state index contributed by atoms with van der Waals surface area (Å²) in [7, 11) is 0. The molecule has 6 nitrogen and oxygen atoms in total. The molecular weight excluding hydrogens is 354 g/mol. The van der Waals surface area contributed by atoms with Crippen molar-refractivity contribution in [3.05, 3.63) is 34.9 Å². The Hall–Kier alpha value is -1.79. The second-order valence-corrected chi connectivity index (χ2v) is 7.94. The van der Waals surface area contributed by atoms with Gasteiger partial charge in [0.25, 0.3) is 0 Å². The molecule has 3 N–H and O–H groups in total. The highest BCUT2D eigenvalue weighted by Gasteiger charge is 2.34. The minimum Gasteiger partial charge on any atom is -0.480 e. The first kappa shape index (κ1) is 20.5. The van der Waals surface area contributed by atoms with Crippen molar-refractivity contribution in [3.8, 4) is 0 Å². The van der Waals surface area contributed by atoms with E-state index in [1.54, 1.807) is 0 Å². The normalized spacial score (nSPS) is 19.7. The van der Waals surface area contributed by atoms with Crippen molar-refractivity contribution < 1.29 is 14.7 Å². The number of carbonyl (C=O) groups excluding carboxylic acids is 1. The first-order chi connectivity index (χ1) is 12.2. The van der Waals surface area contributed by atoms with E-state index in [2.05, 4.69) is 24.5 Å². The molecule has 1 aliphatic carbocycles. The van der Waals surface area contributed by atoms with E-state index in [1.807, 2.05) is 36.1 Å². The van der Waals surface area contributed by atoms with Crippen molar-refractivity contribution >= 4 is 23.6 Å². The molecule has 0 aromatic heterocycles. The number of carbonyl (C=O) groups is 2. The number of aliphatic carboxylic acids is 1. The molecule has 1 aromatic rings. The van der Waals surface area contributed by atoms with Crippen LogP contribution in [0.4, 0.5) is 4.79 Å². The Bertz CT molecular complexity index is 645. The van der Waals surface area contributed by atoms with Gasteiger partial charge < -0.3 is 15.7 Å². The summed E-state index contributed by atoms with van der Waals surface area (Å²) in [5.41, 5.74) is 0.839. The molecule has 0 radical (unpaired) electrons. The van der Waals surface area contributed by atoms with Gasteiger partial charge in [-0.2, -0.15) is 0 Å². The number of hydrogen-bond donors (Lipinski definition) is 3. The zero-order chi connectivity index (χ0) is 19.3. The fourth-order valence-corrected chi connectivity index (χ4v) is 3.42. The smallest absolute Gasteiger partial charge is 0.317 e. The van der Waals surface area contributed by atoms with Crippen molar-refractivity contribution in [2.45, 2.75) is 51.1 Å². The van der Waals surface area contributed by atoms with Gasteiger partial charge in [-0.05, 0) is 37.1 Å². The molecule has 26 heavy (non-hydrogen) atoms. The van der Waals surface area contributed by atoms with Crippen molar-refractivity contribution in [1.82, 2.24) is 15.5 Å². The number of rotatable bonds is 8. The van der Waals surface area contributed by atoms with Crippen LogP contribution in [-0.2, 0) is 10.2 Å². The Labute approximate surface area is 159 Å². The standard InChI is InChI=1S/C19H28ClN3O3/c1-4-23(11-17(24)25)16-9-15(10-16)22-18(26)21-12-19(2,3)13-6-5-7-14(20)8-13/h5-8,15-16H,4,9-12H2,1-3H3,(H,24,25)(H2,21,22,26). The number of benzene rings is 1. The summed E-state index contributed by atoms with van der Waals surface area (Å²) >= 11 is 6.05. The van der Waals surface area contributed by atoms with E-state index in [0.717, 1.165) is 18.4 Å². The fraction of sp³-hybridized carbons (Fsp3) is 0.579. The topological polar surface area (TPSA) is 81.7 Å². The van der Waals surface area contributed by atoms with Crippen LogP contribution in [0.3, 0.4) is 0 Å². The van der Waals surface area contributed by atoms with Crippen LogP contribution >= 0.6 is 11.6 Å². The van der Waals surface area contributed by atoms with E-state index in [-0.39, 0.29) is 30.1 Å². The second kappa shape index (κ2) is 8.73. The van der Waals surface area contributed by atoms with E-state index < -0.39 is 5.97 Å².